The number of nitriles is 1. The number of carbonyl (C=O) groups is 1. The summed E-state index contributed by atoms with van der Waals surface area (Å²) in [7, 11) is 1.32. The molecule has 0 saturated carbocycles. The zero-order valence-corrected chi connectivity index (χ0v) is 8.40. The Balaban J connectivity index is 3.19. The van der Waals surface area contributed by atoms with E-state index < -0.39 is 11.8 Å². The number of rotatable bonds is 3. The molecule has 0 aliphatic heterocycles. The van der Waals surface area contributed by atoms with Crippen molar-refractivity contribution in [2.24, 2.45) is 0 Å². The molecule has 0 radical (unpaired) electrons. The van der Waals surface area contributed by atoms with Crippen molar-refractivity contribution in [1.29, 1.82) is 5.26 Å². The second-order valence-corrected chi connectivity index (χ2v) is 2.86. The normalized spacial score (nSPS) is 10.7. The van der Waals surface area contributed by atoms with Crippen molar-refractivity contribution in [2.75, 3.05) is 7.11 Å². The highest BCUT2D eigenvalue weighted by molar-refractivity contribution is 5.94. The van der Waals surface area contributed by atoms with Crippen molar-refractivity contribution in [3.05, 3.63) is 35.7 Å². The van der Waals surface area contributed by atoms with Gasteiger partial charge in [-0.1, -0.05) is 0 Å². The van der Waals surface area contributed by atoms with E-state index in [-0.39, 0.29) is 16.9 Å². The monoisotopic (exact) mass is 221 g/mol. The lowest BCUT2D eigenvalue weighted by molar-refractivity contribution is -0.131. The summed E-state index contributed by atoms with van der Waals surface area (Å²) in [5.74, 6) is -1.87. The molecule has 0 unspecified atom stereocenters. The molecule has 0 saturated heterocycles. The van der Waals surface area contributed by atoms with Gasteiger partial charge >= 0.3 is 5.97 Å². The minimum Gasteiger partial charge on any atom is -0.494 e. The number of carboxylic acid groups (broad SMARTS) is 1. The lowest BCUT2D eigenvalue weighted by Crippen LogP contribution is -1.93. The molecule has 16 heavy (non-hydrogen) atoms. The van der Waals surface area contributed by atoms with E-state index in [1.807, 2.05) is 0 Å². The number of methoxy groups -OCH3 is 1. The molecule has 1 aromatic carbocycles. The van der Waals surface area contributed by atoms with Crippen molar-refractivity contribution in [1.82, 2.24) is 0 Å². The van der Waals surface area contributed by atoms with Gasteiger partial charge in [-0.25, -0.2) is 9.18 Å². The molecule has 0 aliphatic rings. The lowest BCUT2D eigenvalue weighted by Gasteiger charge is -2.03. The second kappa shape index (κ2) is 4.94. The van der Waals surface area contributed by atoms with Gasteiger partial charge in [0.05, 0.1) is 12.7 Å². The number of hydrogen-bond acceptors (Lipinski definition) is 3. The molecule has 82 valence electrons. The lowest BCUT2D eigenvalue weighted by atomic mass is 10.1. The van der Waals surface area contributed by atoms with E-state index in [0.717, 1.165) is 12.1 Å². The Bertz CT molecular complexity index is 488. The van der Waals surface area contributed by atoms with Crippen LogP contribution in [-0.2, 0) is 4.79 Å². The first kappa shape index (κ1) is 11.7. The summed E-state index contributed by atoms with van der Waals surface area (Å²) >= 11 is 0. The Morgan fingerprint density at radius 2 is 2.31 bits per heavy atom. The number of aliphatic carboxylic acids is 1. The van der Waals surface area contributed by atoms with Gasteiger partial charge in [-0.3, -0.25) is 0 Å². The number of carboxylic acids is 1. The van der Waals surface area contributed by atoms with Crippen LogP contribution in [0.5, 0.6) is 5.75 Å². The van der Waals surface area contributed by atoms with Crippen LogP contribution in [0.4, 0.5) is 4.39 Å². The highest BCUT2D eigenvalue weighted by Gasteiger charge is 2.08. The van der Waals surface area contributed by atoms with Gasteiger partial charge < -0.3 is 9.84 Å². The molecule has 0 bridgehead atoms. The third-order valence-corrected chi connectivity index (χ3v) is 1.85. The Morgan fingerprint density at radius 3 is 2.75 bits per heavy atom. The van der Waals surface area contributed by atoms with E-state index in [4.69, 9.17) is 15.1 Å². The maximum absolute atomic E-state index is 13.3. The van der Waals surface area contributed by atoms with Gasteiger partial charge in [0.2, 0.25) is 0 Å². The molecule has 1 rings (SSSR count). The van der Waals surface area contributed by atoms with E-state index in [0.29, 0.717) is 0 Å². The van der Waals surface area contributed by atoms with Crippen molar-refractivity contribution in [3.63, 3.8) is 0 Å². The number of benzene rings is 1. The molecule has 0 heterocycles. The summed E-state index contributed by atoms with van der Waals surface area (Å²) in [5, 5.41) is 17.2. The quantitative estimate of drug-likeness (QED) is 0.624. The molecule has 0 amide bonds. The summed E-state index contributed by atoms with van der Waals surface area (Å²) in [5.41, 5.74) is 0.0808. The Morgan fingerprint density at radius 1 is 1.62 bits per heavy atom. The molecule has 0 aliphatic carbocycles. The molecular formula is C11H8FNO3. The first-order valence-electron chi connectivity index (χ1n) is 4.27. The maximum atomic E-state index is 13.3. The van der Waals surface area contributed by atoms with Crippen molar-refractivity contribution in [2.45, 2.75) is 0 Å². The third kappa shape index (κ3) is 2.58. The highest BCUT2D eigenvalue weighted by atomic mass is 19.1. The van der Waals surface area contributed by atoms with Gasteiger partial charge in [0.25, 0.3) is 0 Å². The Kier molecular flexibility index (Phi) is 3.62. The predicted octanol–water partition coefficient (Wildman–Crippen LogP) is 1.83. The zero-order valence-electron chi connectivity index (χ0n) is 8.40. The molecule has 1 aromatic rings. The van der Waals surface area contributed by atoms with Crippen LogP contribution in [0.1, 0.15) is 5.56 Å². The van der Waals surface area contributed by atoms with Crippen LogP contribution in [0.15, 0.2) is 24.3 Å². The van der Waals surface area contributed by atoms with Crippen molar-refractivity contribution in [3.8, 4) is 11.8 Å². The molecular weight excluding hydrogens is 213 g/mol. The summed E-state index contributed by atoms with van der Waals surface area (Å²) in [6.07, 6.45) is 0.723. The fourth-order valence-corrected chi connectivity index (χ4v) is 1.14. The molecule has 0 aromatic heterocycles. The van der Waals surface area contributed by atoms with Gasteiger partial charge in [0, 0.05) is 6.08 Å². The molecule has 4 nitrogen and oxygen atoms in total. The fraction of sp³-hybridized carbons (Fsp3) is 0.0909. The zero-order chi connectivity index (χ0) is 12.1. The largest absolute Gasteiger partial charge is 0.494 e. The number of hydrogen-bond donors (Lipinski definition) is 1. The van der Waals surface area contributed by atoms with Crippen LogP contribution in [-0.4, -0.2) is 18.2 Å². The maximum Gasteiger partial charge on any atom is 0.329 e. The van der Waals surface area contributed by atoms with Crippen LogP contribution in [0, 0.1) is 17.1 Å². The van der Waals surface area contributed by atoms with Crippen molar-refractivity contribution < 1.29 is 19.0 Å². The Labute approximate surface area is 91.2 Å². The summed E-state index contributed by atoms with van der Waals surface area (Å²) in [4.78, 5) is 10.4. The van der Waals surface area contributed by atoms with Crippen LogP contribution < -0.4 is 4.74 Å². The fourth-order valence-electron chi connectivity index (χ4n) is 1.14. The van der Waals surface area contributed by atoms with E-state index in [1.165, 1.54) is 19.2 Å². The molecule has 1 N–H and O–H groups in total. The number of halogens is 1. The van der Waals surface area contributed by atoms with Gasteiger partial charge in [0.1, 0.15) is 6.07 Å². The molecule has 0 spiro atoms. The van der Waals surface area contributed by atoms with E-state index in [2.05, 4.69) is 0 Å². The van der Waals surface area contributed by atoms with Gasteiger partial charge in [-0.15, -0.1) is 0 Å². The first-order valence-corrected chi connectivity index (χ1v) is 4.27. The minimum atomic E-state index is -1.26. The van der Waals surface area contributed by atoms with Crippen LogP contribution in [0.2, 0.25) is 0 Å². The highest BCUT2D eigenvalue weighted by Crippen LogP contribution is 2.22. The van der Waals surface area contributed by atoms with E-state index >= 15 is 0 Å². The topological polar surface area (TPSA) is 70.3 Å². The van der Waals surface area contributed by atoms with Gasteiger partial charge in [-0.2, -0.15) is 5.26 Å². The molecule has 5 heteroatoms. The first-order chi connectivity index (χ1) is 7.58. The van der Waals surface area contributed by atoms with E-state index in [9.17, 15) is 9.18 Å². The van der Waals surface area contributed by atoms with Gasteiger partial charge in [-0.05, 0) is 23.8 Å². The average molecular weight is 221 g/mol. The van der Waals surface area contributed by atoms with Crippen LogP contribution in [0.25, 0.3) is 5.57 Å². The van der Waals surface area contributed by atoms with Gasteiger partial charge in [0.15, 0.2) is 11.6 Å². The SMILES string of the molecule is COc1ccc(/C(C#N)=C\C(=O)O)cc1F. The summed E-state index contributed by atoms with van der Waals surface area (Å²) in [6.45, 7) is 0. The third-order valence-electron chi connectivity index (χ3n) is 1.85. The minimum absolute atomic E-state index is 0.0383. The Hall–Kier alpha value is -2.35. The van der Waals surface area contributed by atoms with Crippen LogP contribution >= 0.6 is 0 Å². The van der Waals surface area contributed by atoms with Crippen molar-refractivity contribution >= 4 is 11.5 Å². The standard InChI is InChI=1S/C11H8FNO3/c1-16-10-3-2-7(4-9(10)12)8(6-13)5-11(14)15/h2-5H,1H3,(H,14,15)/b8-5-. The average Bonchev–Trinajstić information content (AvgIpc) is 2.25. The van der Waals surface area contributed by atoms with Crippen LogP contribution in [0.3, 0.4) is 0 Å². The second-order valence-electron chi connectivity index (χ2n) is 2.86. The number of allylic oxidation sites excluding steroid dienone is 1. The molecule has 0 fully saturated rings. The predicted molar refractivity (Wildman–Crippen MR) is 54.2 cm³/mol. The van der Waals surface area contributed by atoms with E-state index in [1.54, 1.807) is 6.07 Å². The number of ether oxygens (including phenoxy) is 1. The molecule has 0 atom stereocenters. The number of nitrogens with zero attached hydrogens (tertiary/aromatic N) is 1. The summed E-state index contributed by atoms with van der Waals surface area (Å²) in [6, 6.07) is 5.49. The smallest absolute Gasteiger partial charge is 0.329 e. The summed E-state index contributed by atoms with van der Waals surface area (Å²) < 4.78 is 18.0.